The van der Waals surface area contributed by atoms with Crippen LogP contribution in [-0.4, -0.2) is 22.7 Å². The number of anilines is 1. The predicted octanol–water partition coefficient (Wildman–Crippen LogP) is 2.71. The molecule has 0 spiro atoms. The van der Waals surface area contributed by atoms with Gasteiger partial charge in [-0.25, -0.2) is 0 Å². The van der Waals surface area contributed by atoms with E-state index in [1.54, 1.807) is 35.2 Å². The maximum atomic E-state index is 12.0. The first-order chi connectivity index (χ1) is 9.63. The summed E-state index contributed by atoms with van der Waals surface area (Å²) in [7, 11) is 0. The van der Waals surface area contributed by atoms with Crippen molar-refractivity contribution in [2.45, 2.75) is 6.54 Å². The highest BCUT2D eigenvalue weighted by Gasteiger charge is 2.26. The molecule has 20 heavy (non-hydrogen) atoms. The van der Waals surface area contributed by atoms with Crippen molar-refractivity contribution in [3.8, 4) is 5.75 Å². The molecule has 0 unspecified atom stereocenters. The molecule has 1 aliphatic heterocycles. The second kappa shape index (κ2) is 5.26. The van der Waals surface area contributed by atoms with E-state index in [0.717, 1.165) is 0 Å². The molecule has 0 aliphatic carbocycles. The summed E-state index contributed by atoms with van der Waals surface area (Å²) in [5.41, 5.74) is 1.26. The molecule has 0 radical (unpaired) electrons. The van der Waals surface area contributed by atoms with Gasteiger partial charge < -0.3 is 4.74 Å². The number of hydrogen-bond acceptors (Lipinski definition) is 4. The fourth-order valence-electron chi connectivity index (χ4n) is 1.94. The van der Waals surface area contributed by atoms with Crippen molar-refractivity contribution >= 4 is 34.8 Å². The second-order valence-electron chi connectivity index (χ2n) is 4.23. The number of amides is 1. The van der Waals surface area contributed by atoms with Gasteiger partial charge in [0.05, 0.1) is 17.9 Å². The van der Waals surface area contributed by atoms with Crippen LogP contribution in [0.4, 0.5) is 5.69 Å². The Labute approximate surface area is 125 Å². The van der Waals surface area contributed by atoms with E-state index < -0.39 is 0 Å². The summed E-state index contributed by atoms with van der Waals surface area (Å²) in [5.74, 6) is 0.465. The van der Waals surface area contributed by atoms with E-state index in [2.05, 4.69) is 10.2 Å². The van der Waals surface area contributed by atoms with Gasteiger partial charge in [-0.1, -0.05) is 23.2 Å². The number of ether oxygens (including phenoxy) is 1. The van der Waals surface area contributed by atoms with Crippen molar-refractivity contribution in [2.75, 3.05) is 11.5 Å². The molecule has 1 aromatic heterocycles. The summed E-state index contributed by atoms with van der Waals surface area (Å²) in [4.78, 5) is 13.6. The Morgan fingerprint density at radius 3 is 2.80 bits per heavy atom. The van der Waals surface area contributed by atoms with E-state index in [9.17, 15) is 4.79 Å². The maximum absolute atomic E-state index is 12.0. The lowest BCUT2D eigenvalue weighted by atomic mass is 10.2. The quantitative estimate of drug-likeness (QED) is 0.856. The zero-order chi connectivity index (χ0) is 14.1. The normalized spacial score (nSPS) is 13.9. The van der Waals surface area contributed by atoms with Gasteiger partial charge in [-0.2, -0.15) is 5.10 Å². The molecule has 0 bridgehead atoms. The molecule has 0 saturated heterocycles. The van der Waals surface area contributed by atoms with Gasteiger partial charge >= 0.3 is 0 Å². The van der Waals surface area contributed by atoms with Gasteiger partial charge in [0.1, 0.15) is 5.75 Å². The highest BCUT2D eigenvalue weighted by atomic mass is 35.5. The minimum absolute atomic E-state index is 0.00431. The molecule has 1 aliphatic rings. The van der Waals surface area contributed by atoms with E-state index in [-0.39, 0.29) is 12.5 Å². The summed E-state index contributed by atoms with van der Waals surface area (Å²) in [6.07, 6.45) is 0. The highest BCUT2D eigenvalue weighted by Crippen LogP contribution is 2.35. The van der Waals surface area contributed by atoms with E-state index in [1.165, 1.54) is 0 Å². The monoisotopic (exact) mass is 309 g/mol. The van der Waals surface area contributed by atoms with Crippen LogP contribution in [0.1, 0.15) is 5.69 Å². The first-order valence-electron chi connectivity index (χ1n) is 5.84. The number of fused-ring (bicyclic) bond motifs is 1. The third kappa shape index (κ3) is 2.55. The molecule has 0 N–H and O–H groups in total. The molecule has 102 valence electrons. The van der Waals surface area contributed by atoms with Crippen LogP contribution in [-0.2, 0) is 11.3 Å². The van der Waals surface area contributed by atoms with Gasteiger partial charge in [-0.3, -0.25) is 9.69 Å². The highest BCUT2D eigenvalue weighted by molar-refractivity contribution is 6.31. The van der Waals surface area contributed by atoms with Crippen LogP contribution in [0.2, 0.25) is 10.2 Å². The standard InChI is InChI=1S/C13H9Cl2N3O2/c14-8-1-3-11-10(5-8)18(13(19)7-20-11)6-9-2-4-12(15)17-16-9/h1-5H,6-7H2. The smallest absolute Gasteiger partial charge is 0.265 e. The molecule has 1 amide bonds. The van der Waals surface area contributed by atoms with Crippen molar-refractivity contribution in [1.29, 1.82) is 0 Å². The Hall–Kier alpha value is -1.85. The predicted molar refractivity (Wildman–Crippen MR) is 75.2 cm³/mol. The number of nitrogens with zero attached hydrogens (tertiary/aromatic N) is 3. The molecule has 3 rings (SSSR count). The summed E-state index contributed by atoms with van der Waals surface area (Å²) < 4.78 is 5.37. The summed E-state index contributed by atoms with van der Waals surface area (Å²) in [6.45, 7) is 0.287. The Morgan fingerprint density at radius 1 is 1.20 bits per heavy atom. The molecular weight excluding hydrogens is 301 g/mol. The second-order valence-corrected chi connectivity index (χ2v) is 5.05. The number of benzene rings is 1. The van der Waals surface area contributed by atoms with E-state index in [0.29, 0.717) is 33.9 Å². The minimum atomic E-state index is -0.156. The Kier molecular flexibility index (Phi) is 3.46. The third-order valence-electron chi connectivity index (χ3n) is 2.87. The number of hydrogen-bond donors (Lipinski definition) is 0. The number of carbonyl (C=O) groups is 1. The third-order valence-corrected chi connectivity index (χ3v) is 3.31. The first-order valence-corrected chi connectivity index (χ1v) is 6.60. The van der Waals surface area contributed by atoms with Crippen LogP contribution in [0, 0.1) is 0 Å². The first kappa shape index (κ1) is 13.1. The molecular formula is C13H9Cl2N3O2. The summed E-state index contributed by atoms with van der Waals surface area (Å²) in [6, 6.07) is 8.51. The zero-order valence-electron chi connectivity index (χ0n) is 10.2. The van der Waals surface area contributed by atoms with Crippen LogP contribution in [0.15, 0.2) is 30.3 Å². The van der Waals surface area contributed by atoms with Crippen LogP contribution in [0.3, 0.4) is 0 Å². The van der Waals surface area contributed by atoms with Crippen molar-refractivity contribution < 1.29 is 9.53 Å². The van der Waals surface area contributed by atoms with Crippen molar-refractivity contribution in [2.24, 2.45) is 0 Å². The summed E-state index contributed by atoms with van der Waals surface area (Å²) >= 11 is 11.7. The zero-order valence-corrected chi connectivity index (χ0v) is 11.7. The van der Waals surface area contributed by atoms with Gasteiger partial charge in [-0.05, 0) is 30.3 Å². The van der Waals surface area contributed by atoms with Crippen molar-refractivity contribution in [3.05, 3.63) is 46.2 Å². The molecule has 0 atom stereocenters. The maximum Gasteiger partial charge on any atom is 0.265 e. The number of halogens is 2. The van der Waals surface area contributed by atoms with Crippen molar-refractivity contribution in [1.82, 2.24) is 10.2 Å². The van der Waals surface area contributed by atoms with E-state index in [4.69, 9.17) is 27.9 Å². The largest absolute Gasteiger partial charge is 0.482 e. The van der Waals surface area contributed by atoms with Gasteiger partial charge in [0.25, 0.3) is 5.91 Å². The number of rotatable bonds is 2. The molecule has 1 aromatic carbocycles. The van der Waals surface area contributed by atoms with Gasteiger partial charge in [0.2, 0.25) is 0 Å². The molecule has 2 heterocycles. The molecule has 5 nitrogen and oxygen atoms in total. The van der Waals surface area contributed by atoms with Gasteiger partial charge in [0, 0.05) is 5.02 Å². The lowest BCUT2D eigenvalue weighted by molar-refractivity contribution is -0.121. The van der Waals surface area contributed by atoms with Crippen LogP contribution in [0.5, 0.6) is 5.75 Å². The average Bonchev–Trinajstić information content (AvgIpc) is 2.44. The SMILES string of the molecule is O=C1COc2ccc(Cl)cc2N1Cc1ccc(Cl)nn1. The minimum Gasteiger partial charge on any atom is -0.482 e. The molecule has 0 saturated carbocycles. The van der Waals surface area contributed by atoms with Crippen LogP contribution < -0.4 is 9.64 Å². The lowest BCUT2D eigenvalue weighted by Gasteiger charge is -2.29. The lowest BCUT2D eigenvalue weighted by Crippen LogP contribution is -2.38. The molecule has 2 aromatic rings. The molecule has 0 fully saturated rings. The van der Waals surface area contributed by atoms with Gasteiger partial charge in [-0.15, -0.1) is 5.10 Å². The summed E-state index contributed by atoms with van der Waals surface area (Å²) in [5, 5.41) is 8.56. The Morgan fingerprint density at radius 2 is 2.05 bits per heavy atom. The van der Waals surface area contributed by atoms with Crippen molar-refractivity contribution in [3.63, 3.8) is 0 Å². The Balaban J connectivity index is 1.94. The number of carbonyl (C=O) groups excluding carboxylic acids is 1. The Bertz CT molecular complexity index is 661. The fraction of sp³-hybridized carbons (Fsp3) is 0.154. The van der Waals surface area contributed by atoms with Crippen LogP contribution >= 0.6 is 23.2 Å². The average molecular weight is 310 g/mol. The van der Waals surface area contributed by atoms with Gasteiger partial charge in [0.15, 0.2) is 11.8 Å². The van der Waals surface area contributed by atoms with Crippen LogP contribution in [0.25, 0.3) is 0 Å². The number of aromatic nitrogens is 2. The fourth-order valence-corrected chi connectivity index (χ4v) is 2.21. The topological polar surface area (TPSA) is 55.3 Å². The van der Waals surface area contributed by atoms with E-state index >= 15 is 0 Å². The van der Waals surface area contributed by atoms with E-state index in [1.807, 2.05) is 0 Å². The molecule has 7 heteroatoms.